The number of ether oxygens (including phenoxy) is 1. The van der Waals surface area contributed by atoms with Gasteiger partial charge in [-0.2, -0.15) is 0 Å². The monoisotopic (exact) mass is 552 g/mol. The van der Waals surface area contributed by atoms with Crippen molar-refractivity contribution in [1.29, 1.82) is 0 Å². The number of hydrogen-bond donors (Lipinski definition) is 4. The molecule has 1 aromatic heterocycles. The van der Waals surface area contributed by atoms with E-state index in [4.69, 9.17) is 9.26 Å². The molecule has 3 heterocycles. The van der Waals surface area contributed by atoms with Crippen LogP contribution in [0.2, 0.25) is 0 Å². The van der Waals surface area contributed by atoms with Gasteiger partial charge in [0.1, 0.15) is 18.1 Å². The van der Waals surface area contributed by atoms with E-state index in [0.717, 1.165) is 0 Å². The predicted molar refractivity (Wildman–Crippen MR) is 147 cm³/mol. The van der Waals surface area contributed by atoms with Crippen LogP contribution in [0.4, 0.5) is 5.82 Å². The molecule has 0 saturated carbocycles. The summed E-state index contributed by atoms with van der Waals surface area (Å²) in [6.07, 6.45) is 5.20. The number of para-hydroxylation sites is 1. The topological polar surface area (TPSA) is 155 Å². The molecule has 0 aliphatic carbocycles. The molecule has 4 rings (SSSR count). The third-order valence-electron chi connectivity index (χ3n) is 7.05. The number of fused-ring (bicyclic) bond motifs is 1. The number of allylic oxidation sites excluding steroid dienone is 1. The van der Waals surface area contributed by atoms with E-state index in [1.165, 1.54) is 6.08 Å². The first kappa shape index (κ1) is 28.8. The Balaban J connectivity index is 1.36. The van der Waals surface area contributed by atoms with E-state index in [0.29, 0.717) is 74.8 Å². The third-order valence-corrected chi connectivity index (χ3v) is 7.05. The van der Waals surface area contributed by atoms with Crippen molar-refractivity contribution in [3.8, 4) is 5.75 Å². The minimum absolute atomic E-state index is 0.0917. The number of aromatic nitrogens is 1. The Morgan fingerprint density at radius 3 is 2.62 bits per heavy atom. The highest BCUT2D eigenvalue weighted by molar-refractivity contribution is 5.97. The Hall–Kier alpha value is -4.19. The Morgan fingerprint density at radius 1 is 1.07 bits per heavy atom. The van der Waals surface area contributed by atoms with Crippen LogP contribution < -0.4 is 26.0 Å². The zero-order valence-electron chi connectivity index (χ0n) is 22.7. The van der Waals surface area contributed by atoms with Crippen molar-refractivity contribution in [3.63, 3.8) is 0 Å². The first-order chi connectivity index (χ1) is 19.3. The van der Waals surface area contributed by atoms with E-state index in [1.54, 1.807) is 43.3 Å². The first-order valence-electron chi connectivity index (χ1n) is 13.5. The quantitative estimate of drug-likeness (QED) is 0.445. The maximum Gasteiger partial charge on any atom is 0.255 e. The summed E-state index contributed by atoms with van der Waals surface area (Å²) in [5.74, 6) is 0.572. The van der Waals surface area contributed by atoms with Crippen molar-refractivity contribution in [2.45, 2.75) is 32.6 Å². The number of rotatable bonds is 3. The summed E-state index contributed by atoms with van der Waals surface area (Å²) in [7, 11) is 0. The number of hydrogen-bond acceptors (Lipinski definition) is 8. The smallest absolute Gasteiger partial charge is 0.255 e. The molecule has 40 heavy (non-hydrogen) atoms. The maximum atomic E-state index is 13.4. The second-order valence-corrected chi connectivity index (χ2v) is 10.0. The number of carbonyl (C=O) groups excluding carboxylic acids is 4. The number of anilines is 1. The van der Waals surface area contributed by atoms with Gasteiger partial charge >= 0.3 is 0 Å². The van der Waals surface area contributed by atoms with Gasteiger partial charge in [-0.15, -0.1) is 0 Å². The summed E-state index contributed by atoms with van der Waals surface area (Å²) in [5.41, 5.74) is -0.293. The van der Waals surface area contributed by atoms with E-state index in [2.05, 4.69) is 26.4 Å². The van der Waals surface area contributed by atoms with Crippen LogP contribution in [0.3, 0.4) is 0 Å². The highest BCUT2D eigenvalue weighted by Crippen LogP contribution is 2.36. The van der Waals surface area contributed by atoms with Crippen LogP contribution in [0.5, 0.6) is 5.75 Å². The Morgan fingerprint density at radius 2 is 1.85 bits per heavy atom. The lowest BCUT2D eigenvalue weighted by Gasteiger charge is -2.40. The normalized spacial score (nSPS) is 20.1. The lowest BCUT2D eigenvalue weighted by Crippen LogP contribution is -2.50. The van der Waals surface area contributed by atoms with E-state index < -0.39 is 5.41 Å². The van der Waals surface area contributed by atoms with Crippen molar-refractivity contribution in [1.82, 2.24) is 26.0 Å². The molecule has 0 bridgehead atoms. The fourth-order valence-corrected chi connectivity index (χ4v) is 4.81. The van der Waals surface area contributed by atoms with Crippen LogP contribution in [0.25, 0.3) is 0 Å². The van der Waals surface area contributed by atoms with Crippen LogP contribution in [0.1, 0.15) is 41.8 Å². The zero-order valence-corrected chi connectivity index (χ0v) is 22.7. The summed E-state index contributed by atoms with van der Waals surface area (Å²) >= 11 is 0. The van der Waals surface area contributed by atoms with Gasteiger partial charge in [-0.25, -0.2) is 0 Å². The molecule has 2 aliphatic heterocycles. The zero-order chi connectivity index (χ0) is 28.4. The van der Waals surface area contributed by atoms with Crippen LogP contribution in [-0.4, -0.2) is 79.6 Å². The van der Waals surface area contributed by atoms with E-state index in [-0.39, 0.29) is 43.3 Å². The first-order valence-corrected chi connectivity index (χ1v) is 13.5. The van der Waals surface area contributed by atoms with Gasteiger partial charge in [0.15, 0.2) is 5.82 Å². The number of nitrogens with one attached hydrogen (secondary N) is 4. The number of aryl methyl sites for hydroxylation is 1. The number of carbonyl (C=O) groups is 4. The molecule has 1 spiro atoms. The van der Waals surface area contributed by atoms with Gasteiger partial charge in [0.2, 0.25) is 17.7 Å². The highest BCUT2D eigenvalue weighted by atomic mass is 16.5. The number of nitrogens with zero attached hydrogens (tertiary/aromatic N) is 2. The summed E-state index contributed by atoms with van der Waals surface area (Å²) in [6, 6.07) is 8.58. The second kappa shape index (κ2) is 13.7. The summed E-state index contributed by atoms with van der Waals surface area (Å²) in [4.78, 5) is 52.9. The van der Waals surface area contributed by atoms with Crippen molar-refractivity contribution >= 4 is 29.4 Å². The molecule has 0 atom stereocenters. The Bertz CT molecular complexity index is 1230. The van der Waals surface area contributed by atoms with Gasteiger partial charge in [-0.1, -0.05) is 23.4 Å². The van der Waals surface area contributed by atoms with Gasteiger partial charge < -0.3 is 30.5 Å². The minimum atomic E-state index is -0.705. The largest absolute Gasteiger partial charge is 0.491 e. The summed E-state index contributed by atoms with van der Waals surface area (Å²) in [6.45, 7) is 4.27. The van der Waals surface area contributed by atoms with Gasteiger partial charge in [0.05, 0.1) is 24.1 Å². The van der Waals surface area contributed by atoms with Gasteiger partial charge in [-0.3, -0.25) is 24.1 Å². The molecule has 4 N–H and O–H groups in total. The van der Waals surface area contributed by atoms with Gasteiger partial charge in [-0.05, 0) is 63.9 Å². The predicted octanol–water partition coefficient (Wildman–Crippen LogP) is 1.39. The average molecular weight is 553 g/mol. The molecule has 1 aromatic carbocycles. The van der Waals surface area contributed by atoms with Crippen LogP contribution in [0.15, 0.2) is 47.0 Å². The Labute approximate surface area is 232 Å². The fourth-order valence-electron chi connectivity index (χ4n) is 4.81. The van der Waals surface area contributed by atoms with Crippen LogP contribution in [0, 0.1) is 12.3 Å². The molecule has 2 aliphatic rings. The number of likely N-dealkylation sites (tertiary alicyclic amines) is 1. The van der Waals surface area contributed by atoms with Crippen LogP contribution >= 0.6 is 0 Å². The number of piperidine rings is 1. The summed E-state index contributed by atoms with van der Waals surface area (Å²) < 4.78 is 10.7. The Kier molecular flexibility index (Phi) is 9.90. The highest BCUT2D eigenvalue weighted by Gasteiger charge is 2.40. The van der Waals surface area contributed by atoms with E-state index in [1.807, 2.05) is 4.90 Å². The lowest BCUT2D eigenvalue weighted by molar-refractivity contribution is -0.134. The molecule has 0 unspecified atom stereocenters. The standard InChI is InChI=1S/C28H36N6O6/c1-20-18-23(33-40-20)32-25(36)19-34-15-10-28(11-16-34)9-4-8-24(35)29-14-17-39-22-7-3-2-6-21(22)26(37)30-12-5-13-31-27(28)38/h2-4,6-8,18H,5,9-17,19H2,1H3,(H,29,35)(H,30,37)(H,31,38)(H,32,33,36)/b8-4+. The molecule has 2 aromatic rings. The lowest BCUT2D eigenvalue weighted by atomic mass is 9.74. The van der Waals surface area contributed by atoms with Crippen molar-refractivity contribution in [2.75, 3.05) is 51.2 Å². The molecule has 12 nitrogen and oxygen atoms in total. The van der Waals surface area contributed by atoms with Crippen molar-refractivity contribution in [3.05, 3.63) is 53.8 Å². The van der Waals surface area contributed by atoms with E-state index in [9.17, 15) is 19.2 Å². The van der Waals surface area contributed by atoms with Crippen molar-refractivity contribution in [2.24, 2.45) is 5.41 Å². The molecule has 0 radical (unpaired) electrons. The number of amides is 4. The van der Waals surface area contributed by atoms with Crippen molar-refractivity contribution < 1.29 is 28.4 Å². The third kappa shape index (κ3) is 7.92. The van der Waals surface area contributed by atoms with E-state index >= 15 is 0 Å². The molecule has 4 amide bonds. The molecular weight excluding hydrogens is 516 g/mol. The van der Waals surface area contributed by atoms with Crippen LogP contribution in [-0.2, 0) is 14.4 Å². The molecular formula is C28H36N6O6. The minimum Gasteiger partial charge on any atom is -0.491 e. The molecule has 1 fully saturated rings. The molecule has 12 heteroatoms. The number of benzene rings is 1. The maximum absolute atomic E-state index is 13.4. The van der Waals surface area contributed by atoms with Gasteiger partial charge in [0.25, 0.3) is 5.91 Å². The SMILES string of the molecule is Cc1cc(NC(=O)CN2CCC3(C/C=C/C(=O)NCCOc4ccccc4C(=O)NCCCNC3=O)CC2)no1. The second-order valence-electron chi connectivity index (χ2n) is 10.0. The summed E-state index contributed by atoms with van der Waals surface area (Å²) in [5, 5.41) is 15.2. The molecule has 1 saturated heterocycles. The average Bonchev–Trinajstić information content (AvgIpc) is 3.35. The fraction of sp³-hybridized carbons (Fsp3) is 0.464. The molecule has 214 valence electrons. The van der Waals surface area contributed by atoms with Gasteiger partial charge in [0, 0.05) is 19.2 Å².